The molecule has 0 bridgehead atoms. The summed E-state index contributed by atoms with van der Waals surface area (Å²) in [6.45, 7) is 4.52. The SMILES string of the molecule is COC(=O)CCCS(=O)(=O)NCCC(C)C. The molecule has 0 amide bonds. The minimum atomic E-state index is -3.24. The van der Waals surface area contributed by atoms with E-state index in [1.165, 1.54) is 7.11 Å². The minimum Gasteiger partial charge on any atom is -0.469 e. The van der Waals surface area contributed by atoms with E-state index in [2.05, 4.69) is 9.46 Å². The molecule has 0 unspecified atom stereocenters. The molecule has 0 aliphatic carbocycles. The van der Waals surface area contributed by atoms with E-state index in [0.29, 0.717) is 18.9 Å². The van der Waals surface area contributed by atoms with Gasteiger partial charge in [-0.1, -0.05) is 13.8 Å². The zero-order valence-corrected chi connectivity index (χ0v) is 11.0. The molecule has 0 radical (unpaired) electrons. The highest BCUT2D eigenvalue weighted by atomic mass is 32.2. The van der Waals surface area contributed by atoms with Gasteiger partial charge in [-0.2, -0.15) is 0 Å². The predicted molar refractivity (Wildman–Crippen MR) is 62.5 cm³/mol. The first kappa shape index (κ1) is 15.4. The van der Waals surface area contributed by atoms with Crippen LogP contribution in [0.1, 0.15) is 33.1 Å². The quantitative estimate of drug-likeness (QED) is 0.651. The number of esters is 1. The number of methoxy groups -OCH3 is 1. The van der Waals surface area contributed by atoms with Gasteiger partial charge in [0.1, 0.15) is 0 Å². The van der Waals surface area contributed by atoms with E-state index in [1.807, 2.05) is 13.8 Å². The first-order valence-corrected chi connectivity index (χ1v) is 7.06. The molecule has 16 heavy (non-hydrogen) atoms. The molecule has 0 aromatic carbocycles. The first-order chi connectivity index (χ1) is 7.37. The van der Waals surface area contributed by atoms with Crippen molar-refractivity contribution in [1.29, 1.82) is 0 Å². The summed E-state index contributed by atoms with van der Waals surface area (Å²) in [5.74, 6) is 0.0651. The maximum absolute atomic E-state index is 11.4. The summed E-state index contributed by atoms with van der Waals surface area (Å²) in [6.07, 6.45) is 1.25. The third-order valence-corrected chi connectivity index (χ3v) is 3.54. The highest BCUT2D eigenvalue weighted by Gasteiger charge is 2.11. The van der Waals surface area contributed by atoms with Crippen molar-refractivity contribution in [2.75, 3.05) is 19.4 Å². The van der Waals surface area contributed by atoms with E-state index in [0.717, 1.165) is 6.42 Å². The van der Waals surface area contributed by atoms with Crippen LogP contribution < -0.4 is 4.72 Å². The highest BCUT2D eigenvalue weighted by Crippen LogP contribution is 2.00. The lowest BCUT2D eigenvalue weighted by Gasteiger charge is -2.07. The molecule has 0 saturated carbocycles. The fourth-order valence-electron chi connectivity index (χ4n) is 1.08. The second-order valence-electron chi connectivity index (χ2n) is 4.08. The predicted octanol–water partition coefficient (Wildman–Crippen LogP) is 0.905. The van der Waals surface area contributed by atoms with E-state index in [9.17, 15) is 13.2 Å². The summed E-state index contributed by atoms with van der Waals surface area (Å²) in [5, 5.41) is 0. The number of carbonyl (C=O) groups excluding carboxylic acids is 1. The first-order valence-electron chi connectivity index (χ1n) is 5.41. The van der Waals surface area contributed by atoms with Crippen molar-refractivity contribution >= 4 is 16.0 Å². The molecular formula is C10H21NO4S. The van der Waals surface area contributed by atoms with Gasteiger partial charge in [0, 0.05) is 13.0 Å². The molecule has 0 saturated heterocycles. The largest absolute Gasteiger partial charge is 0.469 e. The molecule has 6 heteroatoms. The molecule has 0 aliphatic heterocycles. The Morgan fingerprint density at radius 2 is 2.00 bits per heavy atom. The average molecular weight is 251 g/mol. The normalized spacial score (nSPS) is 11.8. The Balaban J connectivity index is 3.75. The van der Waals surface area contributed by atoms with Crippen molar-refractivity contribution in [1.82, 2.24) is 4.72 Å². The van der Waals surface area contributed by atoms with Crippen molar-refractivity contribution in [2.24, 2.45) is 5.92 Å². The second-order valence-corrected chi connectivity index (χ2v) is 6.00. The maximum atomic E-state index is 11.4. The number of hydrogen-bond donors (Lipinski definition) is 1. The zero-order valence-electron chi connectivity index (χ0n) is 10.2. The van der Waals surface area contributed by atoms with Crippen molar-refractivity contribution < 1.29 is 17.9 Å². The summed E-state index contributed by atoms with van der Waals surface area (Å²) in [4.78, 5) is 10.8. The van der Waals surface area contributed by atoms with E-state index >= 15 is 0 Å². The van der Waals surface area contributed by atoms with Gasteiger partial charge in [-0.05, 0) is 18.8 Å². The molecule has 0 aliphatic rings. The molecule has 0 heterocycles. The van der Waals surface area contributed by atoms with Crippen LogP contribution >= 0.6 is 0 Å². The number of carbonyl (C=O) groups is 1. The Morgan fingerprint density at radius 1 is 1.38 bits per heavy atom. The Bertz CT molecular complexity index is 298. The molecule has 0 aromatic rings. The van der Waals surface area contributed by atoms with Crippen LogP contribution in [0.3, 0.4) is 0 Å². The van der Waals surface area contributed by atoms with Crippen LogP contribution in [-0.2, 0) is 19.6 Å². The van der Waals surface area contributed by atoms with E-state index < -0.39 is 10.0 Å². The van der Waals surface area contributed by atoms with Gasteiger partial charge in [0.15, 0.2) is 0 Å². The molecule has 0 atom stereocenters. The van der Waals surface area contributed by atoms with Crippen LogP contribution in [-0.4, -0.2) is 33.8 Å². The summed E-state index contributed by atoms with van der Waals surface area (Å²) in [7, 11) is -1.95. The van der Waals surface area contributed by atoms with Gasteiger partial charge in [-0.15, -0.1) is 0 Å². The Hall–Kier alpha value is -0.620. The molecule has 0 spiro atoms. The van der Waals surface area contributed by atoms with Crippen LogP contribution in [0.4, 0.5) is 0 Å². The third-order valence-electron chi connectivity index (χ3n) is 2.07. The smallest absolute Gasteiger partial charge is 0.305 e. The number of sulfonamides is 1. The molecule has 0 rings (SSSR count). The standard InChI is InChI=1S/C10H21NO4S/c1-9(2)6-7-11-16(13,14)8-4-5-10(12)15-3/h9,11H,4-8H2,1-3H3. The minimum absolute atomic E-state index is 0.0276. The van der Waals surface area contributed by atoms with Gasteiger partial charge in [-0.3, -0.25) is 4.79 Å². The van der Waals surface area contributed by atoms with Gasteiger partial charge < -0.3 is 4.74 Å². The number of ether oxygens (including phenoxy) is 1. The van der Waals surface area contributed by atoms with E-state index in [-0.39, 0.29) is 18.1 Å². The fraction of sp³-hybridized carbons (Fsp3) is 0.900. The summed E-state index contributed by atoms with van der Waals surface area (Å²) in [5.41, 5.74) is 0. The number of nitrogens with one attached hydrogen (secondary N) is 1. The van der Waals surface area contributed by atoms with Crippen molar-refractivity contribution in [3.63, 3.8) is 0 Å². The van der Waals surface area contributed by atoms with Crippen molar-refractivity contribution in [2.45, 2.75) is 33.1 Å². The monoisotopic (exact) mass is 251 g/mol. The third kappa shape index (κ3) is 8.67. The van der Waals surface area contributed by atoms with Crippen LogP contribution in [0, 0.1) is 5.92 Å². The van der Waals surface area contributed by atoms with Crippen LogP contribution in [0.5, 0.6) is 0 Å². The van der Waals surface area contributed by atoms with Crippen LogP contribution in [0.15, 0.2) is 0 Å². The fourth-order valence-corrected chi connectivity index (χ4v) is 2.18. The van der Waals surface area contributed by atoms with Crippen molar-refractivity contribution in [3.8, 4) is 0 Å². The summed E-state index contributed by atoms with van der Waals surface area (Å²) < 4.78 is 29.8. The molecule has 5 nitrogen and oxygen atoms in total. The lowest BCUT2D eigenvalue weighted by molar-refractivity contribution is -0.140. The Kier molecular flexibility index (Phi) is 7.33. The lowest BCUT2D eigenvalue weighted by Crippen LogP contribution is -2.28. The summed E-state index contributed by atoms with van der Waals surface area (Å²) >= 11 is 0. The topological polar surface area (TPSA) is 72.5 Å². The molecule has 0 aromatic heterocycles. The highest BCUT2D eigenvalue weighted by molar-refractivity contribution is 7.89. The van der Waals surface area contributed by atoms with Gasteiger partial charge >= 0.3 is 5.97 Å². The Morgan fingerprint density at radius 3 is 2.50 bits per heavy atom. The molecule has 96 valence electrons. The van der Waals surface area contributed by atoms with Gasteiger partial charge in [0.05, 0.1) is 12.9 Å². The van der Waals surface area contributed by atoms with Crippen LogP contribution in [0.25, 0.3) is 0 Å². The second kappa shape index (κ2) is 7.62. The molecular weight excluding hydrogens is 230 g/mol. The summed E-state index contributed by atoms with van der Waals surface area (Å²) in [6, 6.07) is 0. The van der Waals surface area contributed by atoms with Crippen LogP contribution in [0.2, 0.25) is 0 Å². The van der Waals surface area contributed by atoms with Gasteiger partial charge in [0.25, 0.3) is 0 Å². The number of rotatable bonds is 8. The van der Waals surface area contributed by atoms with Gasteiger partial charge in [0.2, 0.25) is 10.0 Å². The van der Waals surface area contributed by atoms with E-state index in [4.69, 9.17) is 0 Å². The average Bonchev–Trinajstić information content (AvgIpc) is 2.16. The zero-order chi connectivity index (χ0) is 12.6. The van der Waals surface area contributed by atoms with Gasteiger partial charge in [-0.25, -0.2) is 13.1 Å². The maximum Gasteiger partial charge on any atom is 0.305 e. The Labute approximate surface area is 97.6 Å². The van der Waals surface area contributed by atoms with Crippen molar-refractivity contribution in [3.05, 3.63) is 0 Å². The molecule has 1 N–H and O–H groups in total. The number of hydrogen-bond acceptors (Lipinski definition) is 4. The molecule has 0 fully saturated rings. The lowest BCUT2D eigenvalue weighted by atomic mass is 10.1. The van der Waals surface area contributed by atoms with E-state index in [1.54, 1.807) is 0 Å².